The topological polar surface area (TPSA) is 17.0 Å². The third-order valence-electron chi connectivity index (χ3n) is 3.06. The van der Waals surface area contributed by atoms with Gasteiger partial charge in [0.05, 0.1) is 6.08 Å². The highest BCUT2D eigenvalue weighted by atomic mass is 127. The Morgan fingerprint density at radius 3 is 2.40 bits per heavy atom. The lowest BCUT2D eigenvalue weighted by molar-refractivity contribution is -0.651. The first-order valence-corrected chi connectivity index (χ1v) is 6.43. The molecule has 0 spiro atoms. The molecule has 2 nitrogen and oxygen atoms in total. The summed E-state index contributed by atoms with van der Waals surface area (Å²) in [7, 11) is 1.99. The van der Waals surface area contributed by atoms with Gasteiger partial charge in [0.15, 0.2) is 0 Å². The van der Waals surface area contributed by atoms with Crippen LogP contribution in [0.3, 0.4) is 0 Å². The van der Waals surface area contributed by atoms with Crippen molar-refractivity contribution in [2.24, 2.45) is 7.05 Å². The monoisotopic (exact) mass is 397 g/mol. The predicted octanol–water partition coefficient (Wildman–Crippen LogP) is 1.09. The number of hydrogen-bond acceptors (Lipinski definition) is 1. The van der Waals surface area contributed by atoms with Crippen LogP contribution >= 0.6 is 11.6 Å². The lowest BCUT2D eigenvalue weighted by Crippen LogP contribution is -3.00. The van der Waals surface area contributed by atoms with Gasteiger partial charge in [0.25, 0.3) is 5.52 Å². The minimum atomic E-state index is 0. The summed E-state index contributed by atoms with van der Waals surface area (Å²) >= 11 is 5.86. The number of benzene rings is 2. The van der Waals surface area contributed by atoms with Crippen LogP contribution in [0, 0.1) is 0 Å². The average Bonchev–Trinajstić information content (AvgIpc) is 2.76. The maximum absolute atomic E-state index is 5.86. The van der Waals surface area contributed by atoms with E-state index in [4.69, 9.17) is 16.0 Å². The van der Waals surface area contributed by atoms with Crippen molar-refractivity contribution < 1.29 is 33.0 Å². The summed E-state index contributed by atoms with van der Waals surface area (Å²) in [5.41, 5.74) is 3.06. The zero-order valence-corrected chi connectivity index (χ0v) is 13.8. The molecule has 1 heterocycles. The largest absolute Gasteiger partial charge is 1.00 e. The number of hydrogen-bond donors (Lipinski definition) is 0. The van der Waals surface area contributed by atoms with Gasteiger partial charge in [0.2, 0.25) is 5.58 Å². The zero-order chi connectivity index (χ0) is 13.2. The second-order valence-electron chi connectivity index (χ2n) is 4.35. The molecule has 0 unspecified atom stereocenters. The minimum Gasteiger partial charge on any atom is -1.00 e. The van der Waals surface area contributed by atoms with Crippen molar-refractivity contribution in [3.8, 4) is 0 Å². The van der Waals surface area contributed by atoms with Gasteiger partial charge in [-0.2, -0.15) is 4.57 Å². The van der Waals surface area contributed by atoms with E-state index in [0.29, 0.717) is 0 Å². The molecule has 0 N–H and O–H groups in total. The summed E-state index contributed by atoms with van der Waals surface area (Å²) < 4.78 is 7.82. The molecule has 0 radical (unpaired) electrons. The van der Waals surface area contributed by atoms with E-state index in [1.54, 1.807) is 0 Å². The Morgan fingerprint density at radius 1 is 1.00 bits per heavy atom. The third-order valence-corrected chi connectivity index (χ3v) is 3.31. The normalized spacial score (nSPS) is 10.9. The van der Waals surface area contributed by atoms with E-state index in [0.717, 1.165) is 27.6 Å². The Labute approximate surface area is 139 Å². The second kappa shape index (κ2) is 6.41. The van der Waals surface area contributed by atoms with Crippen molar-refractivity contribution in [1.29, 1.82) is 0 Å². The van der Waals surface area contributed by atoms with Gasteiger partial charge < -0.3 is 28.4 Å². The van der Waals surface area contributed by atoms with Crippen LogP contribution in [0.5, 0.6) is 0 Å². The molecule has 0 saturated carbocycles. The molecule has 0 saturated heterocycles. The van der Waals surface area contributed by atoms with Gasteiger partial charge in [0, 0.05) is 11.1 Å². The van der Waals surface area contributed by atoms with E-state index in [-0.39, 0.29) is 24.0 Å². The van der Waals surface area contributed by atoms with Gasteiger partial charge in [-0.3, -0.25) is 0 Å². The smallest absolute Gasteiger partial charge is 0.373 e. The number of halogens is 2. The molecule has 20 heavy (non-hydrogen) atoms. The SMILES string of the molecule is C[n+]1c(/C=C/c2ccc(Cl)cc2)oc2ccccc21.[I-]. The van der Waals surface area contributed by atoms with Crippen LogP contribution < -0.4 is 28.5 Å². The molecule has 102 valence electrons. The molecule has 0 atom stereocenters. The molecule has 0 aliphatic heterocycles. The number of nitrogens with zero attached hydrogens (tertiary/aromatic N) is 1. The lowest BCUT2D eigenvalue weighted by Gasteiger charge is -1.91. The van der Waals surface area contributed by atoms with Crippen molar-refractivity contribution in [2.75, 3.05) is 0 Å². The first kappa shape index (κ1) is 15.1. The van der Waals surface area contributed by atoms with E-state index < -0.39 is 0 Å². The maximum atomic E-state index is 5.86. The van der Waals surface area contributed by atoms with Crippen molar-refractivity contribution >= 4 is 34.9 Å². The molecule has 0 amide bonds. The summed E-state index contributed by atoms with van der Waals surface area (Å²) in [5.74, 6) is 0.816. The fraction of sp³-hybridized carbons (Fsp3) is 0.0625. The van der Waals surface area contributed by atoms with E-state index in [2.05, 4.69) is 0 Å². The summed E-state index contributed by atoms with van der Waals surface area (Å²) in [6.07, 6.45) is 3.97. The first-order valence-electron chi connectivity index (χ1n) is 6.05. The van der Waals surface area contributed by atoms with Crippen LogP contribution in [0.1, 0.15) is 11.5 Å². The van der Waals surface area contributed by atoms with Crippen molar-refractivity contribution in [2.45, 2.75) is 0 Å². The van der Waals surface area contributed by atoms with Crippen LogP contribution in [0.15, 0.2) is 52.9 Å². The van der Waals surface area contributed by atoms with E-state index in [1.807, 2.05) is 72.3 Å². The van der Waals surface area contributed by atoms with E-state index in [1.165, 1.54) is 0 Å². The predicted molar refractivity (Wildman–Crippen MR) is 77.8 cm³/mol. The van der Waals surface area contributed by atoms with Gasteiger partial charge >= 0.3 is 5.89 Å². The summed E-state index contributed by atoms with van der Waals surface area (Å²) in [4.78, 5) is 0. The van der Waals surface area contributed by atoms with Gasteiger partial charge in [-0.15, -0.1) is 0 Å². The quantitative estimate of drug-likeness (QED) is 0.467. The third kappa shape index (κ3) is 3.04. The molecule has 0 aliphatic rings. The molecule has 1 aromatic heterocycles. The zero-order valence-electron chi connectivity index (χ0n) is 10.9. The van der Waals surface area contributed by atoms with Gasteiger partial charge in [-0.05, 0) is 29.8 Å². The number of oxazole rings is 1. The van der Waals surface area contributed by atoms with E-state index >= 15 is 0 Å². The highest BCUT2D eigenvalue weighted by molar-refractivity contribution is 6.30. The summed E-state index contributed by atoms with van der Waals surface area (Å²) in [6.45, 7) is 0. The van der Waals surface area contributed by atoms with Crippen molar-refractivity contribution in [3.63, 3.8) is 0 Å². The van der Waals surface area contributed by atoms with Crippen LogP contribution in [0.25, 0.3) is 23.3 Å². The Morgan fingerprint density at radius 2 is 1.70 bits per heavy atom. The fourth-order valence-corrected chi connectivity index (χ4v) is 2.13. The highest BCUT2D eigenvalue weighted by Crippen LogP contribution is 2.15. The maximum Gasteiger partial charge on any atom is 0.373 e. The number of fused-ring (bicyclic) bond motifs is 1. The Balaban J connectivity index is 0.00000147. The molecular weight excluding hydrogens is 385 g/mol. The number of para-hydroxylation sites is 2. The molecule has 4 heteroatoms. The van der Waals surface area contributed by atoms with E-state index in [9.17, 15) is 0 Å². The van der Waals surface area contributed by atoms with Crippen LogP contribution in [-0.4, -0.2) is 0 Å². The highest BCUT2D eigenvalue weighted by Gasteiger charge is 2.15. The van der Waals surface area contributed by atoms with Crippen molar-refractivity contribution in [1.82, 2.24) is 0 Å². The number of aryl methyl sites for hydroxylation is 1. The van der Waals surface area contributed by atoms with Crippen LogP contribution in [0.4, 0.5) is 0 Å². The van der Waals surface area contributed by atoms with Gasteiger partial charge in [-0.1, -0.05) is 35.9 Å². The van der Waals surface area contributed by atoms with Crippen LogP contribution in [0.2, 0.25) is 5.02 Å². The second-order valence-corrected chi connectivity index (χ2v) is 4.79. The average molecular weight is 398 g/mol. The molecule has 0 fully saturated rings. The Kier molecular flexibility index (Phi) is 4.83. The lowest BCUT2D eigenvalue weighted by atomic mass is 10.2. The molecule has 0 bridgehead atoms. The summed E-state index contributed by atoms with van der Waals surface area (Å²) in [5, 5.41) is 0.742. The molecule has 3 rings (SSSR count). The van der Waals surface area contributed by atoms with Gasteiger partial charge in [-0.25, -0.2) is 0 Å². The fourth-order valence-electron chi connectivity index (χ4n) is 2.01. The van der Waals surface area contributed by atoms with Gasteiger partial charge in [0.1, 0.15) is 7.05 Å². The minimum absolute atomic E-state index is 0. The molecule has 0 aliphatic carbocycles. The Bertz CT molecular complexity index is 747. The molecular formula is C16H13ClINO. The Hall–Kier alpha value is -1.33. The first-order chi connectivity index (χ1) is 9.24. The molecule has 3 aromatic rings. The molecule has 2 aromatic carbocycles. The van der Waals surface area contributed by atoms with Crippen LogP contribution in [-0.2, 0) is 7.05 Å². The summed E-state index contributed by atoms with van der Waals surface area (Å²) in [6, 6.07) is 15.7. The standard InChI is InChI=1S/C16H13ClNO.HI/c1-18-14-4-2-3-5-15(14)19-16(18)11-8-12-6-9-13(17)10-7-12;/h2-11H,1H3;1H/q+1;/p-1/b11-8+;. The van der Waals surface area contributed by atoms with Crippen molar-refractivity contribution in [3.05, 3.63) is 65.0 Å². The number of aromatic nitrogens is 1. The number of rotatable bonds is 2.